The summed E-state index contributed by atoms with van der Waals surface area (Å²) in [5, 5.41) is 0.558. The zero-order valence-electron chi connectivity index (χ0n) is 18.8. The molecule has 3 amide bonds. The molecule has 7 nitrogen and oxygen atoms in total. The molecule has 0 aliphatic carbocycles. The van der Waals surface area contributed by atoms with E-state index in [0.29, 0.717) is 37.6 Å². The monoisotopic (exact) mass is 586 g/mol. The Morgan fingerprint density at radius 1 is 0.972 bits per heavy atom. The maximum Gasteiger partial charge on any atom is 0.316 e. The molecule has 3 aromatic rings. The van der Waals surface area contributed by atoms with Gasteiger partial charge in [-0.2, -0.15) is 0 Å². The van der Waals surface area contributed by atoms with E-state index in [9.17, 15) is 19.2 Å². The molecule has 5 rings (SSSR count). The van der Waals surface area contributed by atoms with E-state index in [-0.39, 0.29) is 29.6 Å². The first kappa shape index (κ1) is 24.5. The summed E-state index contributed by atoms with van der Waals surface area (Å²) in [6, 6.07) is 14.5. The molecule has 1 saturated heterocycles. The zero-order chi connectivity index (χ0) is 25.7. The first-order valence-corrected chi connectivity index (χ1v) is 12.5. The van der Waals surface area contributed by atoms with Crippen LogP contribution < -0.4 is 14.5 Å². The van der Waals surface area contributed by atoms with E-state index in [4.69, 9.17) is 27.9 Å². The Balaban J connectivity index is 1.32. The van der Waals surface area contributed by atoms with E-state index < -0.39 is 23.7 Å². The number of esters is 1. The molecule has 3 aromatic carbocycles. The number of anilines is 2. The van der Waals surface area contributed by atoms with Crippen LogP contribution in [0.15, 0.2) is 59.1 Å². The van der Waals surface area contributed by atoms with Crippen molar-refractivity contribution in [2.24, 2.45) is 5.92 Å². The summed E-state index contributed by atoms with van der Waals surface area (Å²) in [6.45, 7) is 1.83. The number of benzene rings is 3. The molecule has 2 heterocycles. The normalized spacial score (nSPS) is 17.1. The van der Waals surface area contributed by atoms with E-state index in [1.165, 1.54) is 11.0 Å². The number of carbonyl (C=O) groups excluding carboxylic acids is 4. The number of hydrogen-bond acceptors (Lipinski definition) is 5. The van der Waals surface area contributed by atoms with E-state index in [1.807, 2.05) is 0 Å². The largest absolute Gasteiger partial charge is 0.426 e. The molecule has 2 aliphatic heterocycles. The van der Waals surface area contributed by atoms with Crippen molar-refractivity contribution >= 4 is 74.2 Å². The number of hydrogen-bond donors (Lipinski definition) is 0. The van der Waals surface area contributed by atoms with Gasteiger partial charge in [-0.3, -0.25) is 19.2 Å². The SMILES string of the molecule is Cc1cc(OC(=O)[C@H]2CC(=O)N(c3cccc(Cl)c3Cl)C2)ccc1N1C(=O)c2ccc(Br)cc2C1=O. The van der Waals surface area contributed by atoms with Crippen LogP contribution in [0.5, 0.6) is 5.75 Å². The molecular weight excluding hydrogens is 571 g/mol. The van der Waals surface area contributed by atoms with Crippen LogP contribution in [0.25, 0.3) is 0 Å². The van der Waals surface area contributed by atoms with Gasteiger partial charge in [0.1, 0.15) is 5.75 Å². The molecule has 0 spiro atoms. The van der Waals surface area contributed by atoms with Gasteiger partial charge >= 0.3 is 5.97 Å². The Morgan fingerprint density at radius 2 is 1.72 bits per heavy atom. The number of carbonyl (C=O) groups is 4. The Bertz CT molecular complexity index is 1470. The second-order valence-electron chi connectivity index (χ2n) is 8.48. The van der Waals surface area contributed by atoms with Crippen LogP contribution >= 0.6 is 39.1 Å². The van der Waals surface area contributed by atoms with Crippen molar-refractivity contribution in [1.29, 1.82) is 0 Å². The summed E-state index contributed by atoms with van der Waals surface area (Å²) in [5.41, 5.74) is 2.06. The lowest BCUT2D eigenvalue weighted by Crippen LogP contribution is -2.30. The van der Waals surface area contributed by atoms with Crippen LogP contribution in [0.4, 0.5) is 11.4 Å². The third-order valence-corrected chi connectivity index (χ3v) is 7.46. The Labute approximate surface area is 224 Å². The van der Waals surface area contributed by atoms with Gasteiger partial charge < -0.3 is 9.64 Å². The number of rotatable bonds is 4. The minimum Gasteiger partial charge on any atom is -0.426 e. The molecule has 2 aliphatic rings. The molecule has 1 fully saturated rings. The number of imide groups is 1. The molecule has 182 valence electrons. The van der Waals surface area contributed by atoms with Crippen LogP contribution in [0, 0.1) is 12.8 Å². The average Bonchev–Trinajstić information content (AvgIpc) is 3.33. The van der Waals surface area contributed by atoms with Gasteiger partial charge in [-0.15, -0.1) is 0 Å². The fraction of sp³-hybridized carbons (Fsp3) is 0.154. The van der Waals surface area contributed by atoms with Gasteiger partial charge in [-0.1, -0.05) is 45.2 Å². The molecule has 0 bridgehead atoms. The Morgan fingerprint density at radius 3 is 2.47 bits per heavy atom. The molecule has 36 heavy (non-hydrogen) atoms. The van der Waals surface area contributed by atoms with Crippen LogP contribution in [0.3, 0.4) is 0 Å². The highest BCUT2D eigenvalue weighted by Gasteiger charge is 2.39. The summed E-state index contributed by atoms with van der Waals surface area (Å²) >= 11 is 15.6. The van der Waals surface area contributed by atoms with Crippen LogP contribution in [-0.4, -0.2) is 30.2 Å². The predicted octanol–water partition coefficient (Wildman–Crippen LogP) is 5.82. The highest BCUT2D eigenvalue weighted by molar-refractivity contribution is 9.10. The average molecular weight is 588 g/mol. The van der Waals surface area contributed by atoms with Crippen LogP contribution in [0.1, 0.15) is 32.7 Å². The number of amides is 3. The Hall–Kier alpha value is -3.20. The fourth-order valence-electron chi connectivity index (χ4n) is 4.37. The number of ether oxygens (including phenoxy) is 1. The summed E-state index contributed by atoms with van der Waals surface area (Å²) in [5.74, 6) is -2.12. The van der Waals surface area contributed by atoms with Crippen molar-refractivity contribution in [1.82, 2.24) is 0 Å². The molecule has 0 aromatic heterocycles. The van der Waals surface area contributed by atoms with Gasteiger partial charge in [0.25, 0.3) is 11.8 Å². The molecule has 0 unspecified atom stereocenters. The molecular formula is C26H17BrCl2N2O5. The number of fused-ring (bicyclic) bond motifs is 1. The molecule has 10 heteroatoms. The summed E-state index contributed by atoms with van der Waals surface area (Å²) < 4.78 is 6.24. The van der Waals surface area contributed by atoms with Crippen LogP contribution in [0.2, 0.25) is 10.0 Å². The second-order valence-corrected chi connectivity index (χ2v) is 10.2. The third-order valence-electron chi connectivity index (χ3n) is 6.16. The highest BCUT2D eigenvalue weighted by Crippen LogP contribution is 2.37. The molecule has 0 radical (unpaired) electrons. The first-order chi connectivity index (χ1) is 17.2. The lowest BCUT2D eigenvalue weighted by atomic mass is 10.1. The minimum absolute atomic E-state index is 0.0245. The second kappa shape index (κ2) is 9.35. The summed E-state index contributed by atoms with van der Waals surface area (Å²) in [7, 11) is 0. The standard InChI is InChI=1S/C26H17BrCl2N2O5/c1-13-9-16(6-8-20(13)31-24(33)17-7-5-15(27)11-18(17)25(31)34)36-26(35)14-10-22(32)30(12-14)21-4-2-3-19(28)23(21)29/h2-9,11,14H,10,12H2,1H3/t14-/m0/s1. The van der Waals surface area contributed by atoms with Crippen molar-refractivity contribution in [3.8, 4) is 5.75 Å². The van der Waals surface area contributed by atoms with E-state index in [1.54, 1.807) is 55.5 Å². The quantitative estimate of drug-likeness (QED) is 0.218. The summed E-state index contributed by atoms with van der Waals surface area (Å²) in [4.78, 5) is 53.7. The van der Waals surface area contributed by atoms with Gasteiger partial charge in [-0.25, -0.2) is 4.90 Å². The van der Waals surface area contributed by atoms with Gasteiger partial charge in [0.05, 0.1) is 38.5 Å². The fourth-order valence-corrected chi connectivity index (χ4v) is 5.13. The smallest absolute Gasteiger partial charge is 0.316 e. The lowest BCUT2D eigenvalue weighted by molar-refractivity contribution is -0.139. The highest BCUT2D eigenvalue weighted by atomic mass is 79.9. The van der Waals surface area contributed by atoms with Crippen molar-refractivity contribution in [3.05, 3.63) is 85.8 Å². The first-order valence-electron chi connectivity index (χ1n) is 10.9. The number of aryl methyl sites for hydroxylation is 1. The van der Waals surface area contributed by atoms with E-state index in [0.717, 1.165) is 4.90 Å². The van der Waals surface area contributed by atoms with Crippen molar-refractivity contribution in [3.63, 3.8) is 0 Å². The lowest BCUT2D eigenvalue weighted by Gasteiger charge is -2.19. The zero-order valence-corrected chi connectivity index (χ0v) is 21.9. The number of halogens is 3. The minimum atomic E-state index is -0.692. The predicted molar refractivity (Wildman–Crippen MR) is 139 cm³/mol. The van der Waals surface area contributed by atoms with E-state index >= 15 is 0 Å². The van der Waals surface area contributed by atoms with Gasteiger partial charge in [0.2, 0.25) is 5.91 Å². The molecule has 1 atom stereocenters. The molecule has 0 N–H and O–H groups in total. The summed E-state index contributed by atoms with van der Waals surface area (Å²) in [6.07, 6.45) is -0.0245. The van der Waals surface area contributed by atoms with Gasteiger partial charge in [0, 0.05) is 17.4 Å². The van der Waals surface area contributed by atoms with Crippen LogP contribution in [-0.2, 0) is 9.59 Å². The van der Waals surface area contributed by atoms with E-state index in [2.05, 4.69) is 15.9 Å². The number of nitrogens with zero attached hydrogens (tertiary/aromatic N) is 2. The van der Waals surface area contributed by atoms with Crippen molar-refractivity contribution in [2.75, 3.05) is 16.3 Å². The third kappa shape index (κ3) is 4.19. The molecule has 0 saturated carbocycles. The maximum atomic E-state index is 12.9. The maximum absolute atomic E-state index is 12.9. The van der Waals surface area contributed by atoms with Gasteiger partial charge in [0.15, 0.2) is 0 Å². The Kier molecular flexibility index (Phi) is 6.36. The topological polar surface area (TPSA) is 84.0 Å². The van der Waals surface area contributed by atoms with Crippen molar-refractivity contribution in [2.45, 2.75) is 13.3 Å². The van der Waals surface area contributed by atoms with Gasteiger partial charge in [-0.05, 0) is 61.0 Å². The van der Waals surface area contributed by atoms with Crippen molar-refractivity contribution < 1.29 is 23.9 Å².